The smallest absolute Gasteiger partial charge is 0.462 e. The second-order valence-electron chi connectivity index (χ2n) is 9.01. The zero-order valence-corrected chi connectivity index (χ0v) is 17.0. The van der Waals surface area contributed by atoms with E-state index in [-0.39, 0.29) is 23.7 Å². The molecule has 1 aromatic rings. The first-order chi connectivity index (χ1) is 13.2. The van der Waals surface area contributed by atoms with Crippen LogP contribution in [0.2, 0.25) is 5.82 Å². The van der Waals surface area contributed by atoms with E-state index in [2.05, 4.69) is 0 Å². The maximum Gasteiger partial charge on any atom is 0.462 e. The van der Waals surface area contributed by atoms with Gasteiger partial charge in [-0.1, -0.05) is 30.3 Å². The van der Waals surface area contributed by atoms with Gasteiger partial charge in [0.1, 0.15) is 6.10 Å². The van der Waals surface area contributed by atoms with Gasteiger partial charge in [-0.3, -0.25) is 9.59 Å². The first-order valence-electron chi connectivity index (χ1n) is 9.85. The molecule has 1 saturated carbocycles. The van der Waals surface area contributed by atoms with Crippen molar-refractivity contribution in [3.05, 3.63) is 35.9 Å². The van der Waals surface area contributed by atoms with Crippen molar-refractivity contribution in [3.8, 4) is 0 Å². The topological polar surface area (TPSA) is 71.1 Å². The fourth-order valence-electron chi connectivity index (χ4n) is 4.79. The molecule has 0 N–H and O–H groups in total. The molecule has 1 aromatic carbocycles. The average molecular weight is 386 g/mol. The Morgan fingerprint density at radius 3 is 2.29 bits per heavy atom. The van der Waals surface area contributed by atoms with Crippen LogP contribution in [0.5, 0.6) is 0 Å². The summed E-state index contributed by atoms with van der Waals surface area (Å²) in [4.78, 5) is 25.1. The van der Waals surface area contributed by atoms with E-state index < -0.39 is 36.3 Å². The van der Waals surface area contributed by atoms with Gasteiger partial charge in [0.25, 0.3) is 0 Å². The fourth-order valence-corrected chi connectivity index (χ4v) is 4.79. The Bertz CT molecular complexity index is 760. The van der Waals surface area contributed by atoms with Crippen LogP contribution in [0, 0.1) is 11.8 Å². The zero-order valence-electron chi connectivity index (χ0n) is 17.0. The average Bonchev–Trinajstić information content (AvgIpc) is 2.88. The maximum atomic E-state index is 12.7. The maximum absolute atomic E-state index is 12.7. The lowest BCUT2D eigenvalue weighted by molar-refractivity contribution is -0.187. The lowest BCUT2D eigenvalue weighted by Gasteiger charge is -2.50. The number of carbonyl (C=O) groups is 2. The predicted molar refractivity (Wildman–Crippen MR) is 103 cm³/mol. The van der Waals surface area contributed by atoms with Crippen LogP contribution in [0.1, 0.15) is 45.6 Å². The van der Waals surface area contributed by atoms with Crippen LogP contribution < -0.4 is 0 Å². The lowest BCUT2D eigenvalue weighted by atomic mass is 9.49. The highest BCUT2D eigenvalue weighted by molar-refractivity contribution is 6.48. The molecule has 4 fully saturated rings. The van der Waals surface area contributed by atoms with Crippen molar-refractivity contribution in [2.24, 2.45) is 11.8 Å². The molecule has 4 aliphatic rings. The van der Waals surface area contributed by atoms with Gasteiger partial charge in [-0.15, -0.1) is 0 Å². The van der Waals surface area contributed by atoms with Crippen LogP contribution in [0.3, 0.4) is 0 Å². The molecule has 7 heteroatoms. The molecule has 3 saturated heterocycles. The largest absolute Gasteiger partial charge is 0.469 e. The molecule has 1 aliphatic carbocycles. The second kappa shape index (κ2) is 6.60. The van der Waals surface area contributed by atoms with Crippen molar-refractivity contribution < 1.29 is 28.4 Å². The molecule has 5 atom stereocenters. The Morgan fingerprint density at radius 2 is 1.71 bits per heavy atom. The Labute approximate surface area is 166 Å². The summed E-state index contributed by atoms with van der Waals surface area (Å²) >= 11 is 0. The van der Waals surface area contributed by atoms with Gasteiger partial charge in [0.15, 0.2) is 0 Å². The summed E-state index contributed by atoms with van der Waals surface area (Å²) in [5, 5.41) is 0. The molecule has 0 radical (unpaired) electrons. The lowest BCUT2D eigenvalue weighted by Crippen LogP contribution is -2.57. The molecule has 0 spiro atoms. The Morgan fingerprint density at radius 1 is 1.11 bits per heavy atom. The van der Waals surface area contributed by atoms with Crippen molar-refractivity contribution in [1.29, 1.82) is 0 Å². The van der Waals surface area contributed by atoms with E-state index in [0.717, 1.165) is 5.56 Å². The summed E-state index contributed by atoms with van der Waals surface area (Å²) < 4.78 is 23.4. The first kappa shape index (κ1) is 19.5. The minimum atomic E-state index is -0.587. The Balaban J connectivity index is 1.76. The number of esters is 2. The zero-order chi connectivity index (χ0) is 20.3. The van der Waals surface area contributed by atoms with E-state index >= 15 is 0 Å². The molecule has 5 unspecified atom stereocenters. The summed E-state index contributed by atoms with van der Waals surface area (Å²) in [5.41, 5.74) is 0.0148. The molecular formula is C21H27BO6. The molecule has 28 heavy (non-hydrogen) atoms. The molecule has 0 aromatic heterocycles. The van der Waals surface area contributed by atoms with E-state index in [1.54, 1.807) is 0 Å². The van der Waals surface area contributed by atoms with Crippen LogP contribution in [-0.4, -0.2) is 43.5 Å². The standard InChI is InChI=1S/C21H27BO6/c1-20(2)21(3,4)28-22(27-20)16-13-11-14(18(23)25-5)17(26-19(13)24)15(16)12-9-7-6-8-10-12/h6-10,13-17H,11H2,1-5H3. The Hall–Kier alpha value is -1.86. The molecule has 0 amide bonds. The van der Waals surface area contributed by atoms with Crippen molar-refractivity contribution in [2.45, 2.75) is 63.2 Å². The number of hydrogen-bond donors (Lipinski definition) is 0. The number of carbonyl (C=O) groups excluding carboxylic acids is 2. The van der Waals surface area contributed by atoms with Gasteiger partial charge in [0.05, 0.1) is 30.1 Å². The summed E-state index contributed by atoms with van der Waals surface area (Å²) in [6.07, 6.45) is -0.190. The van der Waals surface area contributed by atoms with Gasteiger partial charge in [-0.05, 0) is 39.7 Å². The van der Waals surface area contributed by atoms with Crippen LogP contribution in [0.25, 0.3) is 0 Å². The van der Waals surface area contributed by atoms with Gasteiger partial charge in [-0.2, -0.15) is 0 Å². The highest BCUT2D eigenvalue weighted by atomic mass is 16.7. The molecule has 3 heterocycles. The fraction of sp³-hybridized carbons (Fsp3) is 0.619. The monoisotopic (exact) mass is 386 g/mol. The number of methoxy groups -OCH3 is 1. The van der Waals surface area contributed by atoms with Gasteiger partial charge in [0, 0.05) is 11.7 Å². The van der Waals surface area contributed by atoms with Crippen molar-refractivity contribution in [3.63, 3.8) is 0 Å². The van der Waals surface area contributed by atoms with Crippen molar-refractivity contribution in [2.75, 3.05) is 7.11 Å². The van der Waals surface area contributed by atoms with Gasteiger partial charge < -0.3 is 18.8 Å². The number of hydrogen-bond acceptors (Lipinski definition) is 6. The second-order valence-corrected chi connectivity index (χ2v) is 9.01. The molecule has 5 rings (SSSR count). The van der Waals surface area contributed by atoms with Crippen LogP contribution in [0.4, 0.5) is 0 Å². The quantitative estimate of drug-likeness (QED) is 0.588. The van der Waals surface area contributed by atoms with Crippen LogP contribution in [-0.2, 0) is 28.4 Å². The van der Waals surface area contributed by atoms with Crippen molar-refractivity contribution in [1.82, 2.24) is 0 Å². The Kier molecular flexibility index (Phi) is 4.58. The summed E-state index contributed by atoms with van der Waals surface area (Å²) in [7, 11) is 0.824. The SMILES string of the molecule is COC(=O)C1CC2C(=O)OC1C(c1ccccc1)C2B1OC(C)(C)C(C)(C)O1. The number of ether oxygens (including phenoxy) is 2. The highest BCUT2D eigenvalue weighted by Crippen LogP contribution is 2.57. The first-order valence-corrected chi connectivity index (χ1v) is 9.85. The normalized spacial score (nSPS) is 35.5. The summed E-state index contributed by atoms with van der Waals surface area (Å²) in [6.45, 7) is 8.00. The van der Waals surface area contributed by atoms with Gasteiger partial charge in [-0.25, -0.2) is 0 Å². The van der Waals surface area contributed by atoms with E-state index in [0.29, 0.717) is 6.42 Å². The third-order valence-corrected chi connectivity index (χ3v) is 6.97. The number of benzene rings is 1. The molecule has 2 bridgehead atoms. The van der Waals surface area contributed by atoms with Crippen LogP contribution in [0.15, 0.2) is 30.3 Å². The highest BCUT2D eigenvalue weighted by Gasteiger charge is 2.65. The van der Waals surface area contributed by atoms with E-state index in [1.165, 1.54) is 7.11 Å². The molecule has 150 valence electrons. The minimum absolute atomic E-state index is 0.198. The van der Waals surface area contributed by atoms with E-state index in [4.69, 9.17) is 18.8 Å². The van der Waals surface area contributed by atoms with Gasteiger partial charge >= 0.3 is 19.1 Å². The van der Waals surface area contributed by atoms with Gasteiger partial charge in [0.2, 0.25) is 0 Å². The number of fused-ring (bicyclic) bond motifs is 3. The van der Waals surface area contributed by atoms with Crippen LogP contribution >= 0.6 is 0 Å². The van der Waals surface area contributed by atoms with E-state index in [1.807, 2.05) is 58.0 Å². The summed E-state index contributed by atoms with van der Waals surface area (Å²) in [6, 6.07) is 9.86. The molecule has 3 aliphatic heterocycles. The third kappa shape index (κ3) is 2.87. The molecular weight excluding hydrogens is 359 g/mol. The summed E-state index contributed by atoms with van der Waals surface area (Å²) in [5.74, 6) is -1.99. The third-order valence-electron chi connectivity index (χ3n) is 6.97. The van der Waals surface area contributed by atoms with E-state index in [9.17, 15) is 9.59 Å². The minimum Gasteiger partial charge on any atom is -0.469 e. The van der Waals surface area contributed by atoms with Crippen molar-refractivity contribution >= 4 is 19.1 Å². The molecule has 6 nitrogen and oxygen atoms in total. The number of rotatable bonds is 3. The predicted octanol–water partition coefficient (Wildman–Crippen LogP) is 2.97.